The molecule has 2 amide bonds. The van der Waals surface area contributed by atoms with Crippen molar-refractivity contribution in [2.45, 2.75) is 45.6 Å². The van der Waals surface area contributed by atoms with E-state index in [2.05, 4.69) is 10.3 Å². The molecular formula is C21H26FN3O2S. The number of benzene rings is 1. The number of halogens is 1. The Bertz CT molecular complexity index is 837. The molecule has 0 saturated carbocycles. The van der Waals surface area contributed by atoms with Crippen LogP contribution in [-0.4, -0.2) is 34.8 Å². The maximum absolute atomic E-state index is 13.8. The molecule has 1 atom stereocenters. The first-order chi connectivity index (χ1) is 13.4. The van der Waals surface area contributed by atoms with E-state index in [0.717, 1.165) is 23.5 Å². The monoisotopic (exact) mass is 403 g/mol. The van der Waals surface area contributed by atoms with E-state index in [1.807, 2.05) is 24.1 Å². The van der Waals surface area contributed by atoms with Crippen molar-refractivity contribution in [2.24, 2.45) is 5.92 Å². The predicted octanol–water partition coefficient (Wildman–Crippen LogP) is 3.50. The van der Waals surface area contributed by atoms with Gasteiger partial charge < -0.3 is 10.2 Å². The lowest BCUT2D eigenvalue weighted by atomic mass is 9.98. The molecule has 1 aliphatic rings. The smallest absolute Gasteiger partial charge is 0.227 e. The van der Waals surface area contributed by atoms with E-state index in [1.54, 1.807) is 29.5 Å². The third kappa shape index (κ3) is 5.16. The quantitative estimate of drug-likeness (QED) is 0.803. The van der Waals surface area contributed by atoms with Crippen molar-refractivity contribution in [1.82, 2.24) is 15.2 Å². The Morgan fingerprint density at radius 3 is 2.89 bits per heavy atom. The van der Waals surface area contributed by atoms with Gasteiger partial charge in [0.15, 0.2) is 0 Å². The van der Waals surface area contributed by atoms with Gasteiger partial charge in [-0.3, -0.25) is 9.59 Å². The fourth-order valence-corrected chi connectivity index (χ4v) is 4.24. The Kier molecular flexibility index (Phi) is 6.78. The minimum atomic E-state index is -0.336. The Morgan fingerprint density at radius 1 is 1.36 bits per heavy atom. The highest BCUT2D eigenvalue weighted by Gasteiger charge is 2.27. The molecule has 2 heterocycles. The molecule has 2 aromatic rings. The van der Waals surface area contributed by atoms with Crippen molar-refractivity contribution < 1.29 is 14.0 Å². The van der Waals surface area contributed by atoms with Crippen molar-refractivity contribution in [1.29, 1.82) is 0 Å². The number of carbonyl (C=O) groups excluding carboxylic acids is 2. The van der Waals surface area contributed by atoms with E-state index in [4.69, 9.17) is 0 Å². The van der Waals surface area contributed by atoms with Gasteiger partial charge in [0.25, 0.3) is 0 Å². The number of piperidine rings is 1. The van der Waals surface area contributed by atoms with Crippen molar-refractivity contribution in [3.63, 3.8) is 0 Å². The van der Waals surface area contributed by atoms with Crippen LogP contribution in [0.1, 0.15) is 48.9 Å². The predicted molar refractivity (Wildman–Crippen MR) is 107 cm³/mol. The molecule has 0 aliphatic carbocycles. The Labute approximate surface area is 169 Å². The van der Waals surface area contributed by atoms with Crippen LogP contribution >= 0.6 is 11.3 Å². The largest absolute Gasteiger partial charge is 0.350 e. The number of nitrogens with one attached hydrogen (secondary N) is 1. The zero-order valence-corrected chi connectivity index (χ0v) is 17.1. The molecule has 1 fully saturated rings. The molecule has 28 heavy (non-hydrogen) atoms. The summed E-state index contributed by atoms with van der Waals surface area (Å²) in [4.78, 5) is 30.8. The number of hydrogen-bond donors (Lipinski definition) is 1. The summed E-state index contributed by atoms with van der Waals surface area (Å²) in [6.07, 6.45) is 1.98. The molecule has 7 heteroatoms. The number of carbonyl (C=O) groups is 2. The molecule has 0 spiro atoms. The van der Waals surface area contributed by atoms with E-state index in [9.17, 15) is 14.0 Å². The summed E-state index contributed by atoms with van der Waals surface area (Å²) in [5.74, 6) is -0.228. The van der Waals surface area contributed by atoms with E-state index in [-0.39, 0.29) is 35.9 Å². The fourth-order valence-electron chi connectivity index (χ4n) is 3.29. The topological polar surface area (TPSA) is 62.3 Å². The normalized spacial score (nSPS) is 17.0. The van der Waals surface area contributed by atoms with Gasteiger partial charge in [-0.25, -0.2) is 9.37 Å². The molecule has 1 saturated heterocycles. The second-order valence-corrected chi connectivity index (χ2v) is 8.39. The third-order valence-corrected chi connectivity index (χ3v) is 6.02. The van der Waals surface area contributed by atoms with Gasteiger partial charge in [-0.1, -0.05) is 32.0 Å². The fraction of sp³-hybridized carbons (Fsp3) is 0.476. The first-order valence-electron chi connectivity index (χ1n) is 9.67. The van der Waals surface area contributed by atoms with Crippen molar-refractivity contribution in [2.75, 3.05) is 13.1 Å². The van der Waals surface area contributed by atoms with Crippen LogP contribution in [0.25, 0.3) is 0 Å². The van der Waals surface area contributed by atoms with Gasteiger partial charge in [0.05, 0.1) is 23.7 Å². The summed E-state index contributed by atoms with van der Waals surface area (Å²) >= 11 is 1.58. The Morgan fingerprint density at radius 2 is 2.14 bits per heavy atom. The van der Waals surface area contributed by atoms with Gasteiger partial charge >= 0.3 is 0 Å². The molecule has 0 radical (unpaired) electrons. The van der Waals surface area contributed by atoms with Crippen LogP contribution in [0, 0.1) is 11.7 Å². The summed E-state index contributed by atoms with van der Waals surface area (Å²) < 4.78 is 13.8. The van der Waals surface area contributed by atoms with Crippen LogP contribution in [0.5, 0.6) is 0 Å². The average Bonchev–Trinajstić information content (AvgIpc) is 3.17. The first-order valence-corrected chi connectivity index (χ1v) is 10.5. The number of aromatic nitrogens is 1. The average molecular weight is 404 g/mol. The second kappa shape index (κ2) is 9.28. The molecule has 3 rings (SSSR count). The highest BCUT2D eigenvalue weighted by atomic mass is 32.1. The summed E-state index contributed by atoms with van der Waals surface area (Å²) in [6.45, 7) is 5.45. The van der Waals surface area contributed by atoms with Crippen molar-refractivity contribution >= 4 is 23.2 Å². The molecular weight excluding hydrogens is 377 g/mol. The molecule has 0 unspecified atom stereocenters. The third-order valence-electron chi connectivity index (χ3n) is 4.96. The second-order valence-electron chi connectivity index (χ2n) is 7.50. The number of hydrogen-bond acceptors (Lipinski definition) is 4. The molecule has 1 aliphatic heterocycles. The molecule has 5 nitrogen and oxygen atoms in total. The molecule has 1 aromatic heterocycles. The number of amides is 2. The minimum absolute atomic E-state index is 0.0112. The van der Waals surface area contributed by atoms with Gasteiger partial charge in [-0.15, -0.1) is 11.3 Å². The van der Waals surface area contributed by atoms with Crippen molar-refractivity contribution in [3.05, 3.63) is 51.7 Å². The first kappa shape index (κ1) is 20.5. The maximum atomic E-state index is 13.8. The van der Waals surface area contributed by atoms with Crippen LogP contribution in [-0.2, 0) is 22.6 Å². The zero-order valence-electron chi connectivity index (χ0n) is 16.3. The van der Waals surface area contributed by atoms with Crippen molar-refractivity contribution in [3.8, 4) is 0 Å². The van der Waals surface area contributed by atoms with Crippen LogP contribution < -0.4 is 5.32 Å². The molecule has 150 valence electrons. The van der Waals surface area contributed by atoms with E-state index < -0.39 is 0 Å². The van der Waals surface area contributed by atoms with Gasteiger partial charge in [0.2, 0.25) is 11.8 Å². The highest BCUT2D eigenvalue weighted by molar-refractivity contribution is 7.09. The minimum Gasteiger partial charge on any atom is -0.350 e. The lowest BCUT2D eigenvalue weighted by Gasteiger charge is -2.32. The van der Waals surface area contributed by atoms with Gasteiger partial charge in [0, 0.05) is 30.3 Å². The van der Waals surface area contributed by atoms with E-state index in [0.29, 0.717) is 25.2 Å². The summed E-state index contributed by atoms with van der Waals surface area (Å²) in [5, 5.41) is 5.85. The van der Waals surface area contributed by atoms with Gasteiger partial charge in [0.1, 0.15) is 5.82 Å². The maximum Gasteiger partial charge on any atom is 0.227 e. The lowest BCUT2D eigenvalue weighted by molar-refractivity contribution is -0.131. The Hall–Kier alpha value is -2.28. The summed E-state index contributed by atoms with van der Waals surface area (Å²) in [7, 11) is 0. The number of rotatable bonds is 6. The van der Waals surface area contributed by atoms with E-state index in [1.165, 1.54) is 6.07 Å². The molecule has 0 bridgehead atoms. The SMILES string of the molecule is CC(C)C(=O)NCc1csc([C@@H]2CCCN(C(=O)Cc3ccccc3F)C2)n1. The number of thiazole rings is 1. The molecule has 1 N–H and O–H groups in total. The summed E-state index contributed by atoms with van der Waals surface area (Å²) in [5.41, 5.74) is 1.29. The van der Waals surface area contributed by atoms with E-state index >= 15 is 0 Å². The van der Waals surface area contributed by atoms with Gasteiger partial charge in [-0.05, 0) is 24.5 Å². The summed E-state index contributed by atoms with van der Waals surface area (Å²) in [6, 6.07) is 6.42. The zero-order chi connectivity index (χ0) is 20.1. The standard InChI is InChI=1S/C21H26FN3O2S/c1-14(2)20(27)23-11-17-13-28-21(24-17)16-7-5-9-25(12-16)19(26)10-15-6-3-4-8-18(15)22/h3-4,6,8,13-14,16H,5,7,9-12H2,1-2H3,(H,23,27)/t16-/m1/s1. The van der Waals surface area contributed by atoms with Gasteiger partial charge in [-0.2, -0.15) is 0 Å². The molecule has 1 aromatic carbocycles. The number of likely N-dealkylation sites (tertiary alicyclic amines) is 1. The number of nitrogens with zero attached hydrogens (tertiary/aromatic N) is 2. The highest BCUT2D eigenvalue weighted by Crippen LogP contribution is 2.29. The lowest BCUT2D eigenvalue weighted by Crippen LogP contribution is -2.40. The Balaban J connectivity index is 1.58. The van der Waals surface area contributed by atoms with Crippen LogP contribution in [0.3, 0.4) is 0 Å². The van der Waals surface area contributed by atoms with Crippen LogP contribution in [0.2, 0.25) is 0 Å². The van der Waals surface area contributed by atoms with Crippen LogP contribution in [0.15, 0.2) is 29.6 Å². The van der Waals surface area contributed by atoms with Crippen LogP contribution in [0.4, 0.5) is 4.39 Å².